The van der Waals surface area contributed by atoms with Gasteiger partial charge in [-0.2, -0.15) is 0 Å². The summed E-state index contributed by atoms with van der Waals surface area (Å²) in [6.07, 6.45) is 7.02. The minimum Gasteiger partial charge on any atom is -0.373 e. The Bertz CT molecular complexity index is 187. The Hall–Kier alpha value is -0.120. The van der Waals surface area contributed by atoms with E-state index in [0.29, 0.717) is 24.4 Å². The molecule has 3 aliphatic rings. The lowest BCUT2D eigenvalue weighted by Gasteiger charge is -1.93. The maximum absolute atomic E-state index is 5.55. The number of hydrogen-bond acceptors (Lipinski definition) is 3. The van der Waals surface area contributed by atoms with Crippen LogP contribution in [-0.4, -0.2) is 37.6 Å². The normalized spacial score (nSPS) is 46.2. The summed E-state index contributed by atoms with van der Waals surface area (Å²) in [6, 6.07) is 0. The van der Waals surface area contributed by atoms with Gasteiger partial charge in [0.05, 0.1) is 37.6 Å². The summed E-state index contributed by atoms with van der Waals surface area (Å²) in [5.41, 5.74) is 0. The van der Waals surface area contributed by atoms with Crippen LogP contribution in [0.25, 0.3) is 0 Å². The SMILES string of the molecule is C(C[C@H]1CO1)C[C@@H]1O[C@H]1C[C@@H]1CO1. The fourth-order valence-corrected chi connectivity index (χ4v) is 1.89. The molecular weight excluding hydrogens is 168 g/mol. The zero-order chi connectivity index (χ0) is 8.67. The molecule has 0 aromatic carbocycles. The molecule has 0 aliphatic carbocycles. The second-order valence-corrected chi connectivity index (χ2v) is 4.29. The van der Waals surface area contributed by atoms with Crippen molar-refractivity contribution in [2.75, 3.05) is 13.2 Å². The van der Waals surface area contributed by atoms with Crippen molar-refractivity contribution >= 4 is 0 Å². The molecule has 0 spiro atoms. The van der Waals surface area contributed by atoms with Gasteiger partial charge in [0.25, 0.3) is 0 Å². The third-order valence-corrected chi connectivity index (χ3v) is 3.00. The fourth-order valence-electron chi connectivity index (χ4n) is 1.89. The molecule has 0 radical (unpaired) electrons. The van der Waals surface area contributed by atoms with E-state index in [1.807, 2.05) is 0 Å². The molecule has 3 heterocycles. The van der Waals surface area contributed by atoms with Gasteiger partial charge in [0.15, 0.2) is 0 Å². The van der Waals surface area contributed by atoms with E-state index >= 15 is 0 Å². The van der Waals surface area contributed by atoms with Crippen LogP contribution < -0.4 is 0 Å². The van der Waals surface area contributed by atoms with Gasteiger partial charge in [-0.25, -0.2) is 0 Å². The zero-order valence-corrected chi connectivity index (χ0v) is 7.78. The van der Waals surface area contributed by atoms with Crippen LogP contribution in [0, 0.1) is 0 Å². The second-order valence-electron chi connectivity index (χ2n) is 4.29. The van der Waals surface area contributed by atoms with Crippen LogP contribution in [0.3, 0.4) is 0 Å². The molecule has 0 amide bonds. The Morgan fingerprint density at radius 2 is 1.69 bits per heavy atom. The molecule has 0 bridgehead atoms. The van der Waals surface area contributed by atoms with Crippen LogP contribution in [0.15, 0.2) is 0 Å². The standard InChI is InChI=1S/C10H16O3/c1(2-7-5-11-7)3-9-10(13-9)4-8-6-12-8/h7-10H,1-6H2/t7-,8+,9-,10-/m0/s1. The summed E-state index contributed by atoms with van der Waals surface area (Å²) in [5.74, 6) is 0. The molecule has 3 saturated heterocycles. The zero-order valence-electron chi connectivity index (χ0n) is 7.78. The number of ether oxygens (including phenoxy) is 3. The first-order chi connectivity index (χ1) is 6.42. The first-order valence-electron chi connectivity index (χ1n) is 5.30. The van der Waals surface area contributed by atoms with Crippen LogP contribution in [-0.2, 0) is 14.2 Å². The van der Waals surface area contributed by atoms with E-state index in [2.05, 4.69) is 0 Å². The van der Waals surface area contributed by atoms with Gasteiger partial charge in [-0.15, -0.1) is 0 Å². The second kappa shape index (κ2) is 3.23. The predicted molar refractivity (Wildman–Crippen MR) is 46.6 cm³/mol. The lowest BCUT2D eigenvalue weighted by molar-refractivity contribution is 0.325. The van der Waals surface area contributed by atoms with Gasteiger partial charge in [0.2, 0.25) is 0 Å². The van der Waals surface area contributed by atoms with E-state index in [1.54, 1.807) is 0 Å². The van der Waals surface area contributed by atoms with Gasteiger partial charge >= 0.3 is 0 Å². The highest BCUT2D eigenvalue weighted by Gasteiger charge is 2.42. The van der Waals surface area contributed by atoms with Crippen molar-refractivity contribution in [3.8, 4) is 0 Å². The van der Waals surface area contributed by atoms with Crippen molar-refractivity contribution in [3.05, 3.63) is 0 Å². The van der Waals surface area contributed by atoms with Gasteiger partial charge in [-0.3, -0.25) is 0 Å². The summed E-state index contributed by atoms with van der Waals surface area (Å²) >= 11 is 0. The van der Waals surface area contributed by atoms with Gasteiger partial charge in [0, 0.05) is 6.42 Å². The minimum atomic E-state index is 0.521. The van der Waals surface area contributed by atoms with E-state index in [4.69, 9.17) is 14.2 Å². The van der Waals surface area contributed by atoms with Gasteiger partial charge in [-0.1, -0.05) is 0 Å². The maximum atomic E-state index is 5.55. The van der Waals surface area contributed by atoms with Crippen molar-refractivity contribution in [1.82, 2.24) is 0 Å². The monoisotopic (exact) mass is 184 g/mol. The molecule has 3 fully saturated rings. The van der Waals surface area contributed by atoms with Gasteiger partial charge in [-0.05, 0) is 19.3 Å². The lowest BCUT2D eigenvalue weighted by atomic mass is 10.1. The van der Waals surface area contributed by atoms with Crippen molar-refractivity contribution in [2.24, 2.45) is 0 Å². The summed E-state index contributed by atoms with van der Waals surface area (Å²) in [6.45, 7) is 1.95. The highest BCUT2D eigenvalue weighted by molar-refractivity contribution is 4.89. The highest BCUT2D eigenvalue weighted by atomic mass is 16.6. The van der Waals surface area contributed by atoms with Crippen molar-refractivity contribution in [2.45, 2.75) is 50.1 Å². The van der Waals surface area contributed by atoms with Crippen molar-refractivity contribution in [1.29, 1.82) is 0 Å². The highest BCUT2D eigenvalue weighted by Crippen LogP contribution is 2.34. The molecule has 74 valence electrons. The molecular formula is C10H16O3. The average molecular weight is 184 g/mol. The van der Waals surface area contributed by atoms with E-state index in [9.17, 15) is 0 Å². The first kappa shape index (κ1) is 8.21. The molecule has 0 aromatic heterocycles. The third kappa shape index (κ3) is 2.42. The molecule has 3 aliphatic heterocycles. The number of epoxide rings is 3. The lowest BCUT2D eigenvalue weighted by Crippen LogP contribution is -1.99. The average Bonchev–Trinajstić information content (AvgIpc) is 2.91. The fraction of sp³-hybridized carbons (Fsp3) is 1.00. The summed E-state index contributed by atoms with van der Waals surface area (Å²) in [5, 5.41) is 0. The molecule has 3 rings (SSSR count). The topological polar surface area (TPSA) is 37.6 Å². The quantitative estimate of drug-likeness (QED) is 0.580. The van der Waals surface area contributed by atoms with Crippen LogP contribution >= 0.6 is 0 Å². The van der Waals surface area contributed by atoms with Crippen LogP contribution in [0.1, 0.15) is 25.7 Å². The molecule has 3 heteroatoms. The molecule has 0 saturated carbocycles. The summed E-state index contributed by atoms with van der Waals surface area (Å²) in [4.78, 5) is 0. The van der Waals surface area contributed by atoms with E-state index in [0.717, 1.165) is 19.6 Å². The van der Waals surface area contributed by atoms with Crippen molar-refractivity contribution in [3.63, 3.8) is 0 Å². The minimum absolute atomic E-state index is 0.521. The maximum Gasteiger partial charge on any atom is 0.0867 e. The first-order valence-corrected chi connectivity index (χ1v) is 5.30. The predicted octanol–water partition coefficient (Wildman–Crippen LogP) is 1.11. The number of rotatable bonds is 6. The Morgan fingerprint density at radius 3 is 2.38 bits per heavy atom. The molecule has 0 N–H and O–H groups in total. The van der Waals surface area contributed by atoms with E-state index < -0.39 is 0 Å². The summed E-state index contributed by atoms with van der Waals surface area (Å²) < 4.78 is 15.9. The number of hydrogen-bond donors (Lipinski definition) is 0. The Balaban J connectivity index is 1.25. The van der Waals surface area contributed by atoms with Crippen molar-refractivity contribution < 1.29 is 14.2 Å². The van der Waals surface area contributed by atoms with Gasteiger partial charge in [0.1, 0.15) is 0 Å². The molecule has 0 aromatic rings. The Kier molecular flexibility index (Phi) is 2.04. The van der Waals surface area contributed by atoms with Gasteiger partial charge < -0.3 is 14.2 Å². The molecule has 4 atom stereocenters. The summed E-state index contributed by atoms with van der Waals surface area (Å²) in [7, 11) is 0. The van der Waals surface area contributed by atoms with Crippen LogP contribution in [0.5, 0.6) is 0 Å². The molecule has 3 nitrogen and oxygen atoms in total. The Morgan fingerprint density at radius 1 is 0.923 bits per heavy atom. The van der Waals surface area contributed by atoms with E-state index in [1.165, 1.54) is 19.3 Å². The smallest absolute Gasteiger partial charge is 0.0867 e. The Labute approximate surface area is 78.3 Å². The third-order valence-electron chi connectivity index (χ3n) is 3.00. The van der Waals surface area contributed by atoms with Crippen LogP contribution in [0.2, 0.25) is 0 Å². The molecule has 0 unspecified atom stereocenters. The van der Waals surface area contributed by atoms with Crippen LogP contribution in [0.4, 0.5) is 0 Å². The van der Waals surface area contributed by atoms with E-state index in [-0.39, 0.29) is 0 Å². The molecule has 13 heavy (non-hydrogen) atoms. The largest absolute Gasteiger partial charge is 0.373 e.